The molecular formula is C16H20ClN3O3. The summed E-state index contributed by atoms with van der Waals surface area (Å²) in [4.78, 5) is 27.1. The molecule has 0 spiro atoms. The number of halogens is 1. The number of rotatable bonds is 3. The topological polar surface area (TPSA) is 66.7 Å². The van der Waals surface area contributed by atoms with E-state index in [9.17, 15) is 14.9 Å². The summed E-state index contributed by atoms with van der Waals surface area (Å²) in [6, 6.07) is 4.69. The molecule has 1 saturated heterocycles. The fourth-order valence-electron chi connectivity index (χ4n) is 3.52. The van der Waals surface area contributed by atoms with E-state index in [-0.39, 0.29) is 16.6 Å². The molecule has 7 heteroatoms. The van der Waals surface area contributed by atoms with Crippen molar-refractivity contribution in [2.24, 2.45) is 0 Å². The van der Waals surface area contributed by atoms with E-state index in [1.165, 1.54) is 43.9 Å². The van der Waals surface area contributed by atoms with Crippen molar-refractivity contribution >= 4 is 23.2 Å². The summed E-state index contributed by atoms with van der Waals surface area (Å²) in [6.45, 7) is 3.15. The van der Waals surface area contributed by atoms with Crippen molar-refractivity contribution in [1.82, 2.24) is 9.80 Å². The number of benzene rings is 1. The molecule has 2 fully saturated rings. The van der Waals surface area contributed by atoms with Crippen LogP contribution in [0.25, 0.3) is 0 Å². The van der Waals surface area contributed by atoms with Gasteiger partial charge in [0.25, 0.3) is 11.6 Å². The third-order valence-electron chi connectivity index (χ3n) is 4.84. The van der Waals surface area contributed by atoms with Crippen molar-refractivity contribution in [2.75, 3.05) is 26.2 Å². The molecule has 23 heavy (non-hydrogen) atoms. The van der Waals surface area contributed by atoms with E-state index in [0.29, 0.717) is 24.7 Å². The minimum Gasteiger partial charge on any atom is -0.336 e. The maximum absolute atomic E-state index is 12.6. The normalized spacial score (nSPS) is 20.0. The van der Waals surface area contributed by atoms with Crippen molar-refractivity contribution < 1.29 is 9.72 Å². The number of piperazine rings is 1. The van der Waals surface area contributed by atoms with Crippen LogP contribution >= 0.6 is 11.6 Å². The molecule has 0 N–H and O–H groups in total. The van der Waals surface area contributed by atoms with Gasteiger partial charge in [-0.3, -0.25) is 19.8 Å². The average Bonchev–Trinajstić information content (AvgIpc) is 3.08. The molecule has 3 rings (SSSR count). The van der Waals surface area contributed by atoms with Crippen LogP contribution in [0.15, 0.2) is 18.2 Å². The number of hydrogen-bond donors (Lipinski definition) is 0. The Labute approximate surface area is 140 Å². The number of amides is 1. The van der Waals surface area contributed by atoms with Gasteiger partial charge < -0.3 is 4.90 Å². The van der Waals surface area contributed by atoms with Crippen molar-refractivity contribution in [3.05, 3.63) is 38.9 Å². The summed E-state index contributed by atoms with van der Waals surface area (Å²) < 4.78 is 0. The molecule has 6 nitrogen and oxygen atoms in total. The Hall–Kier alpha value is -1.66. The molecule has 124 valence electrons. The molecule has 1 saturated carbocycles. The second kappa shape index (κ2) is 6.84. The van der Waals surface area contributed by atoms with Gasteiger partial charge in [-0.15, -0.1) is 0 Å². The summed E-state index contributed by atoms with van der Waals surface area (Å²) in [5.74, 6) is -0.143. The van der Waals surface area contributed by atoms with Crippen LogP contribution in [0, 0.1) is 10.1 Å². The smallest absolute Gasteiger partial charge is 0.270 e. The number of nitro groups is 1. The van der Waals surface area contributed by atoms with E-state index in [2.05, 4.69) is 4.90 Å². The molecular weight excluding hydrogens is 318 g/mol. The van der Waals surface area contributed by atoms with Crippen LogP contribution in [0.1, 0.15) is 36.0 Å². The van der Waals surface area contributed by atoms with Crippen LogP contribution in [0.2, 0.25) is 5.02 Å². The SMILES string of the molecule is O=C(c1ccc([N+](=O)[O-])cc1Cl)N1CCN(C2CCCC2)CC1. The van der Waals surface area contributed by atoms with Crippen LogP contribution < -0.4 is 0 Å². The molecule has 1 aliphatic heterocycles. The van der Waals surface area contributed by atoms with Crippen LogP contribution in [0.4, 0.5) is 5.69 Å². The van der Waals surface area contributed by atoms with Crippen molar-refractivity contribution in [2.45, 2.75) is 31.7 Å². The van der Waals surface area contributed by atoms with Gasteiger partial charge in [0.05, 0.1) is 15.5 Å². The van der Waals surface area contributed by atoms with Gasteiger partial charge >= 0.3 is 0 Å². The highest BCUT2D eigenvalue weighted by atomic mass is 35.5. The monoisotopic (exact) mass is 337 g/mol. The highest BCUT2D eigenvalue weighted by Gasteiger charge is 2.29. The van der Waals surface area contributed by atoms with Crippen molar-refractivity contribution in [3.63, 3.8) is 0 Å². The van der Waals surface area contributed by atoms with Gasteiger partial charge in [0.2, 0.25) is 0 Å². The molecule has 1 aromatic rings. The average molecular weight is 338 g/mol. The maximum Gasteiger partial charge on any atom is 0.270 e. The Morgan fingerprint density at radius 1 is 1.17 bits per heavy atom. The molecule has 1 aromatic carbocycles. The van der Waals surface area contributed by atoms with Gasteiger partial charge in [-0.2, -0.15) is 0 Å². The van der Waals surface area contributed by atoms with Crippen molar-refractivity contribution in [1.29, 1.82) is 0 Å². The summed E-state index contributed by atoms with van der Waals surface area (Å²) in [5.41, 5.74) is 0.240. The molecule has 1 amide bonds. The van der Waals surface area contributed by atoms with Crippen LogP contribution in [0.5, 0.6) is 0 Å². The van der Waals surface area contributed by atoms with Crippen LogP contribution in [-0.4, -0.2) is 52.9 Å². The van der Waals surface area contributed by atoms with Gasteiger partial charge in [0, 0.05) is 44.4 Å². The molecule has 2 aliphatic rings. The third kappa shape index (κ3) is 3.48. The van der Waals surface area contributed by atoms with Crippen LogP contribution in [-0.2, 0) is 0 Å². The van der Waals surface area contributed by atoms with E-state index in [1.54, 1.807) is 4.90 Å². The largest absolute Gasteiger partial charge is 0.336 e. The van der Waals surface area contributed by atoms with E-state index in [4.69, 9.17) is 11.6 Å². The molecule has 0 atom stereocenters. The summed E-state index contributed by atoms with van der Waals surface area (Å²) in [7, 11) is 0. The van der Waals surface area contributed by atoms with Gasteiger partial charge in [0.1, 0.15) is 0 Å². The number of hydrogen-bond acceptors (Lipinski definition) is 4. The van der Waals surface area contributed by atoms with Crippen LogP contribution in [0.3, 0.4) is 0 Å². The third-order valence-corrected chi connectivity index (χ3v) is 5.15. The second-order valence-electron chi connectivity index (χ2n) is 6.19. The first-order valence-corrected chi connectivity index (χ1v) is 8.41. The van der Waals surface area contributed by atoms with E-state index in [1.807, 2.05) is 0 Å². The van der Waals surface area contributed by atoms with Crippen molar-refractivity contribution in [3.8, 4) is 0 Å². The first-order valence-electron chi connectivity index (χ1n) is 8.03. The molecule has 0 bridgehead atoms. The predicted molar refractivity (Wildman–Crippen MR) is 87.8 cm³/mol. The zero-order valence-electron chi connectivity index (χ0n) is 12.9. The highest BCUT2D eigenvalue weighted by Crippen LogP contribution is 2.26. The Kier molecular flexibility index (Phi) is 4.82. The van der Waals surface area contributed by atoms with Gasteiger partial charge in [-0.25, -0.2) is 0 Å². The second-order valence-corrected chi connectivity index (χ2v) is 6.59. The Morgan fingerprint density at radius 2 is 1.83 bits per heavy atom. The number of carbonyl (C=O) groups excluding carboxylic acids is 1. The zero-order chi connectivity index (χ0) is 16.4. The predicted octanol–water partition coefficient (Wildman–Crippen LogP) is 2.95. The zero-order valence-corrected chi connectivity index (χ0v) is 13.7. The Morgan fingerprint density at radius 3 is 2.39 bits per heavy atom. The number of non-ortho nitro benzene ring substituents is 1. The first-order chi connectivity index (χ1) is 11.1. The lowest BCUT2D eigenvalue weighted by atomic mass is 10.1. The minimum absolute atomic E-state index is 0.0994. The maximum atomic E-state index is 12.6. The molecule has 0 aromatic heterocycles. The quantitative estimate of drug-likeness (QED) is 0.628. The number of nitrogens with zero attached hydrogens (tertiary/aromatic N) is 3. The first kappa shape index (κ1) is 16.2. The van der Waals surface area contributed by atoms with E-state index < -0.39 is 4.92 Å². The fraction of sp³-hybridized carbons (Fsp3) is 0.562. The lowest BCUT2D eigenvalue weighted by Crippen LogP contribution is -2.51. The summed E-state index contributed by atoms with van der Waals surface area (Å²) in [5, 5.41) is 10.9. The van der Waals surface area contributed by atoms with E-state index in [0.717, 1.165) is 13.1 Å². The fourth-order valence-corrected chi connectivity index (χ4v) is 3.78. The highest BCUT2D eigenvalue weighted by molar-refractivity contribution is 6.34. The molecule has 1 heterocycles. The van der Waals surface area contributed by atoms with Gasteiger partial charge in [0.15, 0.2) is 0 Å². The standard InChI is InChI=1S/C16H20ClN3O3/c17-15-11-13(20(22)23)5-6-14(15)16(21)19-9-7-18(8-10-19)12-3-1-2-4-12/h5-6,11-12H,1-4,7-10H2. The molecule has 0 radical (unpaired) electrons. The number of nitro benzene ring substituents is 1. The van der Waals surface area contributed by atoms with E-state index >= 15 is 0 Å². The summed E-state index contributed by atoms with van der Waals surface area (Å²) >= 11 is 6.06. The molecule has 0 unspecified atom stereocenters. The molecule has 1 aliphatic carbocycles. The van der Waals surface area contributed by atoms with Gasteiger partial charge in [-0.1, -0.05) is 24.4 Å². The Bertz CT molecular complexity index is 609. The minimum atomic E-state index is -0.513. The lowest BCUT2D eigenvalue weighted by molar-refractivity contribution is -0.384. The summed E-state index contributed by atoms with van der Waals surface area (Å²) in [6.07, 6.45) is 5.15. The lowest BCUT2D eigenvalue weighted by Gasteiger charge is -2.38. The van der Waals surface area contributed by atoms with Gasteiger partial charge in [-0.05, 0) is 18.9 Å². The Balaban J connectivity index is 1.64. The number of carbonyl (C=O) groups is 1.